The van der Waals surface area contributed by atoms with E-state index in [1.807, 2.05) is 0 Å². The number of aryl methyl sites for hydroxylation is 1. The van der Waals surface area contributed by atoms with E-state index in [0.29, 0.717) is 23.6 Å². The quantitative estimate of drug-likeness (QED) is 0.879. The van der Waals surface area contributed by atoms with Gasteiger partial charge in [-0.3, -0.25) is 0 Å². The van der Waals surface area contributed by atoms with Crippen molar-refractivity contribution in [2.45, 2.75) is 13.5 Å². The average molecular weight is 249 g/mol. The summed E-state index contributed by atoms with van der Waals surface area (Å²) in [5.74, 6) is -1.05. The van der Waals surface area contributed by atoms with E-state index in [-0.39, 0.29) is 0 Å². The monoisotopic (exact) mass is 249 g/mol. The lowest BCUT2D eigenvalue weighted by molar-refractivity contribution is 0.507. The van der Waals surface area contributed by atoms with Crippen molar-refractivity contribution in [3.8, 4) is 0 Å². The van der Waals surface area contributed by atoms with Crippen molar-refractivity contribution in [3.63, 3.8) is 0 Å². The molecule has 5 heteroatoms. The van der Waals surface area contributed by atoms with Gasteiger partial charge < -0.3 is 11.1 Å². The number of hydrogen-bond acceptors (Lipinski definition) is 3. The number of nitrogen functional groups attached to an aromatic ring is 1. The van der Waals surface area contributed by atoms with E-state index in [4.69, 9.17) is 5.73 Å². The summed E-state index contributed by atoms with van der Waals surface area (Å²) in [6.07, 6.45) is 0. The third kappa shape index (κ3) is 2.74. The van der Waals surface area contributed by atoms with Crippen LogP contribution in [0, 0.1) is 18.6 Å². The molecule has 3 nitrogen and oxygen atoms in total. The fourth-order valence-corrected chi connectivity index (χ4v) is 1.51. The molecule has 0 aliphatic carbocycles. The molecule has 2 rings (SSSR count). The van der Waals surface area contributed by atoms with Gasteiger partial charge in [0.1, 0.15) is 5.82 Å². The van der Waals surface area contributed by atoms with Gasteiger partial charge in [-0.2, -0.15) is 0 Å². The molecule has 0 spiro atoms. The first-order chi connectivity index (χ1) is 8.56. The number of halogens is 2. The molecule has 0 saturated carbocycles. The third-order valence-electron chi connectivity index (χ3n) is 2.58. The summed E-state index contributed by atoms with van der Waals surface area (Å²) in [5, 5.41) is 3.02. The number of anilines is 2. The standard InChI is InChI=1S/C13H13F2N3/c1-8-12(16)4-5-13(18-8)17-7-9-2-3-10(14)11(15)6-9/h2-6H,7,16H2,1H3,(H,17,18). The van der Waals surface area contributed by atoms with Gasteiger partial charge in [0.15, 0.2) is 11.6 Å². The minimum atomic E-state index is -0.851. The predicted octanol–water partition coefficient (Wildman–Crippen LogP) is 2.86. The minimum Gasteiger partial charge on any atom is -0.397 e. The Kier molecular flexibility index (Phi) is 3.41. The molecule has 0 unspecified atom stereocenters. The second-order valence-corrected chi connectivity index (χ2v) is 3.97. The number of nitrogens with one attached hydrogen (secondary N) is 1. The van der Waals surface area contributed by atoms with Crippen LogP contribution in [0.4, 0.5) is 20.3 Å². The first kappa shape index (κ1) is 12.3. The molecule has 18 heavy (non-hydrogen) atoms. The smallest absolute Gasteiger partial charge is 0.159 e. The second-order valence-electron chi connectivity index (χ2n) is 3.97. The summed E-state index contributed by atoms with van der Waals surface area (Å²) in [4.78, 5) is 4.22. The number of aromatic nitrogens is 1. The van der Waals surface area contributed by atoms with Crippen molar-refractivity contribution < 1.29 is 8.78 Å². The van der Waals surface area contributed by atoms with E-state index in [2.05, 4.69) is 10.3 Å². The number of hydrogen-bond donors (Lipinski definition) is 2. The SMILES string of the molecule is Cc1nc(NCc2ccc(F)c(F)c2)ccc1N. The Bertz CT molecular complexity index is 519. The van der Waals surface area contributed by atoms with Gasteiger partial charge in [0.25, 0.3) is 0 Å². The lowest BCUT2D eigenvalue weighted by atomic mass is 10.2. The van der Waals surface area contributed by atoms with E-state index in [1.165, 1.54) is 6.07 Å². The Morgan fingerprint density at radius 2 is 1.94 bits per heavy atom. The summed E-state index contributed by atoms with van der Waals surface area (Å²) in [6.45, 7) is 2.17. The van der Waals surface area contributed by atoms with E-state index in [9.17, 15) is 8.78 Å². The highest BCUT2D eigenvalue weighted by atomic mass is 19.2. The van der Waals surface area contributed by atoms with Crippen LogP contribution in [0.2, 0.25) is 0 Å². The molecule has 2 aromatic rings. The van der Waals surface area contributed by atoms with Gasteiger partial charge in [0.05, 0.1) is 11.4 Å². The number of pyridine rings is 1. The van der Waals surface area contributed by atoms with Crippen LogP contribution in [0.3, 0.4) is 0 Å². The zero-order valence-electron chi connectivity index (χ0n) is 9.87. The molecule has 1 aromatic heterocycles. The maximum Gasteiger partial charge on any atom is 0.159 e. The highest BCUT2D eigenvalue weighted by Crippen LogP contribution is 2.14. The average Bonchev–Trinajstić information content (AvgIpc) is 2.35. The minimum absolute atomic E-state index is 0.369. The molecule has 1 heterocycles. The number of rotatable bonds is 3. The highest BCUT2D eigenvalue weighted by molar-refractivity contribution is 5.49. The van der Waals surface area contributed by atoms with Crippen molar-refractivity contribution in [3.05, 3.63) is 53.2 Å². The van der Waals surface area contributed by atoms with Gasteiger partial charge in [0.2, 0.25) is 0 Å². The van der Waals surface area contributed by atoms with Crippen molar-refractivity contribution >= 4 is 11.5 Å². The molecule has 3 N–H and O–H groups in total. The fraction of sp³-hybridized carbons (Fsp3) is 0.154. The van der Waals surface area contributed by atoms with Gasteiger partial charge in [-0.15, -0.1) is 0 Å². The number of nitrogens with two attached hydrogens (primary N) is 1. The predicted molar refractivity (Wildman–Crippen MR) is 67.1 cm³/mol. The van der Waals surface area contributed by atoms with Crippen LogP contribution in [-0.4, -0.2) is 4.98 Å². The molecule has 0 atom stereocenters. The van der Waals surface area contributed by atoms with Crippen molar-refractivity contribution in [1.29, 1.82) is 0 Å². The van der Waals surface area contributed by atoms with Gasteiger partial charge in [-0.25, -0.2) is 13.8 Å². The zero-order chi connectivity index (χ0) is 13.1. The summed E-state index contributed by atoms with van der Waals surface area (Å²) in [7, 11) is 0. The van der Waals surface area contributed by atoms with Crippen LogP contribution in [0.5, 0.6) is 0 Å². The largest absolute Gasteiger partial charge is 0.397 e. The maximum absolute atomic E-state index is 13.0. The Morgan fingerprint density at radius 3 is 2.61 bits per heavy atom. The van der Waals surface area contributed by atoms with Gasteiger partial charge in [-0.05, 0) is 36.8 Å². The molecule has 0 saturated heterocycles. The molecule has 0 amide bonds. The Balaban J connectivity index is 2.06. The molecule has 0 fully saturated rings. The third-order valence-corrected chi connectivity index (χ3v) is 2.58. The lowest BCUT2D eigenvalue weighted by Gasteiger charge is -2.08. The molecule has 0 radical (unpaired) electrons. The van der Waals surface area contributed by atoms with Crippen LogP contribution < -0.4 is 11.1 Å². The fourth-order valence-electron chi connectivity index (χ4n) is 1.51. The van der Waals surface area contributed by atoms with Gasteiger partial charge >= 0.3 is 0 Å². The van der Waals surface area contributed by atoms with Crippen LogP contribution in [0.15, 0.2) is 30.3 Å². The van der Waals surface area contributed by atoms with Crippen molar-refractivity contribution in [2.24, 2.45) is 0 Å². The topological polar surface area (TPSA) is 50.9 Å². The molecule has 1 aromatic carbocycles. The zero-order valence-corrected chi connectivity index (χ0v) is 9.87. The van der Waals surface area contributed by atoms with Crippen LogP contribution in [0.1, 0.15) is 11.3 Å². The highest BCUT2D eigenvalue weighted by Gasteiger charge is 2.03. The molecular formula is C13H13F2N3. The Hall–Kier alpha value is -2.17. The summed E-state index contributed by atoms with van der Waals surface area (Å²) in [6, 6.07) is 7.27. The van der Waals surface area contributed by atoms with Crippen LogP contribution in [-0.2, 0) is 6.54 Å². The summed E-state index contributed by atoms with van der Waals surface area (Å²) in [5.41, 5.74) is 7.64. The van der Waals surface area contributed by atoms with Crippen molar-refractivity contribution in [2.75, 3.05) is 11.1 Å². The first-order valence-electron chi connectivity index (χ1n) is 5.47. The number of benzene rings is 1. The second kappa shape index (κ2) is 5.00. The first-order valence-corrected chi connectivity index (χ1v) is 5.47. The van der Waals surface area contributed by atoms with E-state index < -0.39 is 11.6 Å². The Labute approximate surface area is 104 Å². The van der Waals surface area contributed by atoms with Crippen molar-refractivity contribution in [1.82, 2.24) is 4.98 Å². The summed E-state index contributed by atoms with van der Waals surface area (Å²) >= 11 is 0. The Morgan fingerprint density at radius 1 is 1.17 bits per heavy atom. The summed E-state index contributed by atoms with van der Waals surface area (Å²) < 4.78 is 25.7. The van der Waals surface area contributed by atoms with E-state index in [1.54, 1.807) is 19.1 Å². The van der Waals surface area contributed by atoms with Crippen LogP contribution >= 0.6 is 0 Å². The van der Waals surface area contributed by atoms with Gasteiger partial charge in [0, 0.05) is 6.54 Å². The van der Waals surface area contributed by atoms with Crippen LogP contribution in [0.25, 0.3) is 0 Å². The molecule has 94 valence electrons. The lowest BCUT2D eigenvalue weighted by Crippen LogP contribution is -2.04. The maximum atomic E-state index is 13.0. The van der Waals surface area contributed by atoms with Gasteiger partial charge in [-0.1, -0.05) is 6.07 Å². The normalized spacial score (nSPS) is 10.4. The molecular weight excluding hydrogens is 236 g/mol. The van der Waals surface area contributed by atoms with E-state index >= 15 is 0 Å². The van der Waals surface area contributed by atoms with E-state index in [0.717, 1.165) is 17.8 Å². The number of nitrogens with zero attached hydrogens (tertiary/aromatic N) is 1. The molecule has 0 aliphatic rings. The molecule has 0 bridgehead atoms. The molecule has 0 aliphatic heterocycles.